The number of esters is 1. The Hall–Kier alpha value is -3.15. The third-order valence-corrected chi connectivity index (χ3v) is 4.42. The zero-order valence-electron chi connectivity index (χ0n) is 14.5. The molecule has 0 fully saturated rings. The maximum absolute atomic E-state index is 12.2. The van der Waals surface area contributed by atoms with Crippen molar-refractivity contribution in [1.29, 1.82) is 0 Å². The maximum atomic E-state index is 12.2. The fraction of sp³-hybridized carbons (Fsp3) is 0.250. The smallest absolute Gasteiger partial charge is 0.337 e. The van der Waals surface area contributed by atoms with Crippen molar-refractivity contribution in [1.82, 2.24) is 0 Å². The lowest BCUT2D eigenvalue weighted by Gasteiger charge is -2.24. The summed E-state index contributed by atoms with van der Waals surface area (Å²) in [5, 5.41) is 5.67. The summed E-state index contributed by atoms with van der Waals surface area (Å²) in [6.07, 6.45) is 1.37. The number of carbonyl (C=O) groups excluding carboxylic acids is 3. The van der Waals surface area contributed by atoms with Crippen LogP contribution in [0, 0.1) is 5.92 Å². The van der Waals surface area contributed by atoms with Crippen LogP contribution in [0.3, 0.4) is 0 Å². The van der Waals surface area contributed by atoms with Crippen LogP contribution in [0.25, 0.3) is 0 Å². The number of nitrogens with one attached hydrogen (secondary N) is 2. The van der Waals surface area contributed by atoms with Crippen molar-refractivity contribution in [2.45, 2.75) is 19.3 Å². The Bertz CT molecular complexity index is 830. The largest absolute Gasteiger partial charge is 0.465 e. The zero-order valence-corrected chi connectivity index (χ0v) is 14.5. The fourth-order valence-electron chi connectivity index (χ4n) is 2.98. The molecule has 6 heteroatoms. The van der Waals surface area contributed by atoms with Gasteiger partial charge in [-0.05, 0) is 48.7 Å². The van der Waals surface area contributed by atoms with Crippen molar-refractivity contribution in [3.8, 4) is 0 Å². The molecule has 2 amide bonds. The van der Waals surface area contributed by atoms with Crippen LogP contribution >= 0.6 is 0 Å². The number of hydrogen-bond acceptors (Lipinski definition) is 4. The van der Waals surface area contributed by atoms with Gasteiger partial charge in [-0.1, -0.05) is 18.2 Å². The van der Waals surface area contributed by atoms with Crippen LogP contribution in [0.15, 0.2) is 48.5 Å². The first-order valence-electron chi connectivity index (χ1n) is 8.44. The van der Waals surface area contributed by atoms with Gasteiger partial charge in [-0.2, -0.15) is 0 Å². The number of para-hydroxylation sites is 1. The third kappa shape index (κ3) is 4.08. The van der Waals surface area contributed by atoms with E-state index in [2.05, 4.69) is 15.4 Å². The maximum Gasteiger partial charge on any atom is 0.337 e. The predicted octanol–water partition coefficient (Wildman–Crippen LogP) is 3.00. The first-order valence-corrected chi connectivity index (χ1v) is 8.44. The zero-order chi connectivity index (χ0) is 18.5. The van der Waals surface area contributed by atoms with Crippen LogP contribution in [-0.4, -0.2) is 24.9 Å². The number of benzene rings is 2. The molecular formula is C20H20N2O4. The number of fused-ring (bicyclic) bond motifs is 1. The average molecular weight is 352 g/mol. The SMILES string of the molecule is COC(=O)c1ccc(NC(=O)CC[C@H]2Cc3ccccc3NC2=O)cc1. The van der Waals surface area contributed by atoms with E-state index < -0.39 is 5.97 Å². The van der Waals surface area contributed by atoms with Gasteiger partial charge in [-0.25, -0.2) is 4.79 Å². The van der Waals surface area contributed by atoms with Crippen LogP contribution in [-0.2, 0) is 20.7 Å². The molecule has 1 heterocycles. The normalized spacial score (nSPS) is 15.6. The first-order chi connectivity index (χ1) is 12.6. The lowest BCUT2D eigenvalue weighted by Crippen LogP contribution is -2.30. The van der Waals surface area contributed by atoms with Gasteiger partial charge >= 0.3 is 5.97 Å². The Balaban J connectivity index is 1.53. The Morgan fingerprint density at radius 2 is 1.88 bits per heavy atom. The molecule has 0 saturated carbocycles. The van der Waals surface area contributed by atoms with Crippen LogP contribution < -0.4 is 10.6 Å². The monoisotopic (exact) mass is 352 g/mol. The van der Waals surface area contributed by atoms with Crippen LogP contribution in [0.5, 0.6) is 0 Å². The van der Waals surface area contributed by atoms with E-state index in [9.17, 15) is 14.4 Å². The summed E-state index contributed by atoms with van der Waals surface area (Å²) in [7, 11) is 1.32. The molecule has 0 unspecified atom stereocenters. The number of anilines is 2. The molecule has 134 valence electrons. The highest BCUT2D eigenvalue weighted by atomic mass is 16.5. The van der Waals surface area contributed by atoms with Crippen molar-refractivity contribution in [3.05, 3.63) is 59.7 Å². The number of methoxy groups -OCH3 is 1. The van der Waals surface area contributed by atoms with Crippen LogP contribution in [0.1, 0.15) is 28.8 Å². The molecule has 0 saturated heterocycles. The molecule has 2 N–H and O–H groups in total. The van der Waals surface area contributed by atoms with Gasteiger partial charge in [0.25, 0.3) is 0 Å². The van der Waals surface area contributed by atoms with Crippen molar-refractivity contribution in [2.24, 2.45) is 5.92 Å². The van der Waals surface area contributed by atoms with E-state index in [1.165, 1.54) is 7.11 Å². The molecule has 1 aliphatic heterocycles. The molecule has 0 spiro atoms. The summed E-state index contributed by atoms with van der Waals surface area (Å²) in [5.41, 5.74) is 2.96. The predicted molar refractivity (Wildman–Crippen MR) is 97.9 cm³/mol. The molecule has 1 atom stereocenters. The van der Waals surface area contributed by atoms with E-state index in [4.69, 9.17) is 0 Å². The minimum atomic E-state index is -0.425. The number of hydrogen-bond donors (Lipinski definition) is 2. The van der Waals surface area contributed by atoms with Crippen molar-refractivity contribution in [2.75, 3.05) is 17.7 Å². The Kier molecular flexibility index (Phi) is 5.31. The molecule has 0 aliphatic carbocycles. The molecular weight excluding hydrogens is 332 g/mol. The molecule has 2 aromatic carbocycles. The van der Waals surface area contributed by atoms with Crippen molar-refractivity contribution < 1.29 is 19.1 Å². The van der Waals surface area contributed by atoms with E-state index >= 15 is 0 Å². The molecule has 3 rings (SSSR count). The number of rotatable bonds is 5. The van der Waals surface area contributed by atoms with Crippen molar-refractivity contribution in [3.63, 3.8) is 0 Å². The van der Waals surface area contributed by atoms with Gasteiger partial charge in [0.1, 0.15) is 0 Å². The van der Waals surface area contributed by atoms with E-state index in [-0.39, 0.29) is 24.2 Å². The highest BCUT2D eigenvalue weighted by Crippen LogP contribution is 2.27. The molecule has 2 aromatic rings. The molecule has 0 radical (unpaired) electrons. The summed E-state index contributed by atoms with van der Waals surface area (Å²) in [6.45, 7) is 0. The summed E-state index contributed by atoms with van der Waals surface area (Å²) in [4.78, 5) is 35.7. The Morgan fingerprint density at radius 1 is 1.15 bits per heavy atom. The highest BCUT2D eigenvalue weighted by molar-refractivity contribution is 5.97. The summed E-state index contributed by atoms with van der Waals surface area (Å²) < 4.78 is 4.63. The van der Waals surface area contributed by atoms with Crippen LogP contribution in [0.2, 0.25) is 0 Å². The second-order valence-corrected chi connectivity index (χ2v) is 6.20. The van der Waals surface area contributed by atoms with Gasteiger partial charge < -0.3 is 15.4 Å². The molecule has 0 aromatic heterocycles. The minimum Gasteiger partial charge on any atom is -0.465 e. The number of ether oxygens (including phenoxy) is 1. The van der Waals surface area contributed by atoms with Gasteiger partial charge in [0.15, 0.2) is 0 Å². The average Bonchev–Trinajstić information content (AvgIpc) is 2.66. The summed E-state index contributed by atoms with van der Waals surface area (Å²) in [6, 6.07) is 14.2. The molecule has 6 nitrogen and oxygen atoms in total. The van der Waals surface area contributed by atoms with Gasteiger partial charge in [0, 0.05) is 23.7 Å². The van der Waals surface area contributed by atoms with Gasteiger partial charge in [0.2, 0.25) is 11.8 Å². The van der Waals surface area contributed by atoms with E-state index in [0.717, 1.165) is 11.3 Å². The Labute approximate surface area is 151 Å². The van der Waals surface area contributed by atoms with Crippen LogP contribution in [0.4, 0.5) is 11.4 Å². The topological polar surface area (TPSA) is 84.5 Å². The molecule has 1 aliphatic rings. The fourth-order valence-corrected chi connectivity index (χ4v) is 2.98. The van der Waals surface area contributed by atoms with Crippen molar-refractivity contribution >= 4 is 29.2 Å². The first kappa shape index (κ1) is 17.7. The van der Waals surface area contributed by atoms with E-state index in [0.29, 0.717) is 24.1 Å². The van der Waals surface area contributed by atoms with Gasteiger partial charge in [-0.3, -0.25) is 9.59 Å². The van der Waals surface area contributed by atoms with Gasteiger partial charge in [-0.15, -0.1) is 0 Å². The second kappa shape index (κ2) is 7.82. The minimum absolute atomic E-state index is 0.0427. The quantitative estimate of drug-likeness (QED) is 0.810. The van der Waals surface area contributed by atoms with E-state index in [1.54, 1.807) is 24.3 Å². The van der Waals surface area contributed by atoms with E-state index in [1.807, 2.05) is 24.3 Å². The van der Waals surface area contributed by atoms with Gasteiger partial charge in [0.05, 0.1) is 12.7 Å². The number of carbonyl (C=O) groups is 3. The second-order valence-electron chi connectivity index (χ2n) is 6.20. The summed E-state index contributed by atoms with van der Waals surface area (Å²) >= 11 is 0. The standard InChI is InChI=1S/C20H20N2O4/c1-26-20(25)13-6-9-16(10-7-13)21-18(23)11-8-15-12-14-4-2-3-5-17(14)22-19(15)24/h2-7,9-10,15H,8,11-12H2,1H3,(H,21,23)(H,22,24)/t15-/m0/s1. The molecule has 0 bridgehead atoms. The molecule has 26 heavy (non-hydrogen) atoms. The summed E-state index contributed by atoms with van der Waals surface area (Å²) in [5.74, 6) is -0.842. The number of amides is 2. The Morgan fingerprint density at radius 3 is 2.62 bits per heavy atom. The third-order valence-electron chi connectivity index (χ3n) is 4.42. The lowest BCUT2D eigenvalue weighted by molar-refractivity contribution is -0.121. The highest BCUT2D eigenvalue weighted by Gasteiger charge is 2.26. The lowest BCUT2D eigenvalue weighted by atomic mass is 9.89.